The molecular weight excluding hydrogens is 261 g/mol. The smallest absolute Gasteiger partial charge is 0.422 e. The third-order valence-corrected chi connectivity index (χ3v) is 2.63. The number of ether oxygens (including phenoxy) is 2. The van der Waals surface area contributed by atoms with Crippen LogP contribution < -0.4 is 9.47 Å². The second-order valence-electron chi connectivity index (χ2n) is 5.02. The number of fused-ring (bicyclic) bond motifs is 1. The van der Waals surface area contributed by atoms with Crippen molar-refractivity contribution in [2.45, 2.75) is 32.0 Å². The average molecular weight is 274 g/mol. The van der Waals surface area contributed by atoms with Crippen LogP contribution in [0.4, 0.5) is 13.2 Å². The van der Waals surface area contributed by atoms with Crippen LogP contribution in [-0.4, -0.2) is 24.2 Å². The Morgan fingerprint density at radius 2 is 2.05 bits per heavy atom. The molecule has 19 heavy (non-hydrogen) atoms. The fraction of sp³-hybridized carbons (Fsp3) is 0.462. The maximum absolute atomic E-state index is 12.1. The van der Waals surface area contributed by atoms with Crippen molar-refractivity contribution >= 4 is 5.78 Å². The topological polar surface area (TPSA) is 35.5 Å². The van der Waals surface area contributed by atoms with E-state index < -0.39 is 18.4 Å². The van der Waals surface area contributed by atoms with Gasteiger partial charge in [0, 0.05) is 6.07 Å². The van der Waals surface area contributed by atoms with Gasteiger partial charge in [0.15, 0.2) is 12.4 Å². The number of benzene rings is 1. The van der Waals surface area contributed by atoms with E-state index >= 15 is 0 Å². The van der Waals surface area contributed by atoms with E-state index in [4.69, 9.17) is 4.74 Å². The lowest BCUT2D eigenvalue weighted by Crippen LogP contribution is -2.35. The summed E-state index contributed by atoms with van der Waals surface area (Å²) in [6.45, 7) is 2.12. The summed E-state index contributed by atoms with van der Waals surface area (Å²) < 4.78 is 46.4. The number of ketones is 1. The molecule has 3 nitrogen and oxygen atoms in total. The van der Waals surface area contributed by atoms with E-state index in [0.29, 0.717) is 5.56 Å². The molecule has 0 N–H and O–H groups in total. The van der Waals surface area contributed by atoms with E-state index in [1.54, 1.807) is 13.8 Å². The van der Waals surface area contributed by atoms with E-state index in [0.717, 1.165) is 0 Å². The van der Waals surface area contributed by atoms with Gasteiger partial charge in [0.1, 0.15) is 17.1 Å². The molecule has 1 aromatic carbocycles. The van der Waals surface area contributed by atoms with Crippen molar-refractivity contribution in [2.24, 2.45) is 0 Å². The Bertz CT molecular complexity index is 506. The van der Waals surface area contributed by atoms with Gasteiger partial charge < -0.3 is 9.47 Å². The zero-order valence-corrected chi connectivity index (χ0v) is 10.5. The van der Waals surface area contributed by atoms with Gasteiger partial charge in [0.25, 0.3) is 0 Å². The van der Waals surface area contributed by atoms with Crippen molar-refractivity contribution < 1.29 is 27.4 Å². The first kappa shape index (κ1) is 13.7. The van der Waals surface area contributed by atoms with E-state index in [2.05, 4.69) is 4.74 Å². The minimum atomic E-state index is -4.40. The van der Waals surface area contributed by atoms with E-state index in [-0.39, 0.29) is 23.7 Å². The Labute approximate surface area is 108 Å². The zero-order chi connectivity index (χ0) is 14.3. The highest BCUT2D eigenvalue weighted by molar-refractivity contribution is 6.00. The lowest BCUT2D eigenvalue weighted by atomic mass is 9.93. The molecule has 1 heterocycles. The Hall–Kier alpha value is -1.72. The van der Waals surface area contributed by atoms with Crippen LogP contribution >= 0.6 is 0 Å². The normalized spacial score (nSPS) is 17.6. The molecule has 0 radical (unpaired) electrons. The summed E-state index contributed by atoms with van der Waals surface area (Å²) in [6.07, 6.45) is -4.16. The van der Waals surface area contributed by atoms with Crippen LogP contribution in [0.2, 0.25) is 0 Å². The van der Waals surface area contributed by atoms with Crippen LogP contribution in [-0.2, 0) is 0 Å². The Morgan fingerprint density at radius 3 is 2.68 bits per heavy atom. The third-order valence-electron chi connectivity index (χ3n) is 2.63. The first-order chi connectivity index (χ1) is 8.66. The molecule has 1 aliphatic rings. The number of rotatable bonds is 2. The number of Topliss-reactive ketones (excluding diaryl/α,β-unsaturated/α-hetero) is 1. The van der Waals surface area contributed by atoms with Crippen molar-refractivity contribution in [1.29, 1.82) is 0 Å². The third kappa shape index (κ3) is 3.39. The monoisotopic (exact) mass is 274 g/mol. The summed E-state index contributed by atoms with van der Waals surface area (Å²) in [4.78, 5) is 11.8. The van der Waals surface area contributed by atoms with Gasteiger partial charge in [-0.15, -0.1) is 0 Å². The Balaban J connectivity index is 2.21. The van der Waals surface area contributed by atoms with Gasteiger partial charge in [0.05, 0.1) is 12.0 Å². The van der Waals surface area contributed by atoms with Crippen molar-refractivity contribution in [3.05, 3.63) is 23.8 Å². The fourth-order valence-electron chi connectivity index (χ4n) is 1.89. The minimum absolute atomic E-state index is 0.0292. The highest BCUT2D eigenvalue weighted by Gasteiger charge is 2.33. The first-order valence-corrected chi connectivity index (χ1v) is 5.72. The highest BCUT2D eigenvalue weighted by atomic mass is 19.4. The van der Waals surface area contributed by atoms with Gasteiger partial charge in [-0.25, -0.2) is 0 Å². The molecule has 0 aromatic heterocycles. The second kappa shape index (κ2) is 4.43. The zero-order valence-electron chi connectivity index (χ0n) is 10.5. The molecule has 0 amide bonds. The average Bonchev–Trinajstić information content (AvgIpc) is 2.23. The summed E-state index contributed by atoms with van der Waals surface area (Å²) in [5, 5.41) is 0. The van der Waals surface area contributed by atoms with Crippen LogP contribution in [0.5, 0.6) is 11.5 Å². The molecular formula is C13H13F3O3. The van der Waals surface area contributed by atoms with Crippen LogP contribution in [0.1, 0.15) is 30.6 Å². The van der Waals surface area contributed by atoms with Crippen molar-refractivity contribution in [3.8, 4) is 11.5 Å². The molecule has 0 aliphatic carbocycles. The quantitative estimate of drug-likeness (QED) is 0.829. The van der Waals surface area contributed by atoms with E-state index in [1.807, 2.05) is 0 Å². The molecule has 104 valence electrons. The lowest BCUT2D eigenvalue weighted by molar-refractivity contribution is -0.153. The van der Waals surface area contributed by atoms with E-state index in [1.165, 1.54) is 18.2 Å². The van der Waals surface area contributed by atoms with Gasteiger partial charge >= 0.3 is 6.18 Å². The molecule has 0 fully saturated rings. The predicted molar refractivity (Wildman–Crippen MR) is 61.6 cm³/mol. The molecule has 2 rings (SSSR count). The molecule has 0 bridgehead atoms. The SMILES string of the molecule is CC1(C)CC(=O)c2ccc(OCC(F)(F)F)cc2O1. The summed E-state index contributed by atoms with van der Waals surface area (Å²) in [5.74, 6) is 0.205. The number of carbonyl (C=O) groups excluding carboxylic acids is 1. The maximum Gasteiger partial charge on any atom is 0.422 e. The molecule has 1 aliphatic heterocycles. The van der Waals surface area contributed by atoms with Crippen LogP contribution in [0.25, 0.3) is 0 Å². The predicted octanol–water partition coefficient (Wildman–Crippen LogP) is 3.37. The highest BCUT2D eigenvalue weighted by Crippen LogP contribution is 2.35. The molecule has 6 heteroatoms. The number of alkyl halides is 3. The number of carbonyl (C=O) groups is 1. The standard InChI is InChI=1S/C13H13F3O3/c1-12(2)6-10(17)9-4-3-8(5-11(9)19-12)18-7-13(14,15)16/h3-5H,6-7H2,1-2H3. The lowest BCUT2D eigenvalue weighted by Gasteiger charge is -2.31. The minimum Gasteiger partial charge on any atom is -0.486 e. The molecule has 0 spiro atoms. The summed E-state index contributed by atoms with van der Waals surface area (Å²) in [6, 6.07) is 4.09. The Kier molecular flexibility index (Phi) is 3.20. The Morgan fingerprint density at radius 1 is 1.37 bits per heavy atom. The second-order valence-corrected chi connectivity index (χ2v) is 5.02. The molecule has 0 atom stereocenters. The number of halogens is 3. The molecule has 1 aromatic rings. The van der Waals surface area contributed by atoms with Gasteiger partial charge in [-0.1, -0.05) is 0 Å². The van der Waals surface area contributed by atoms with Gasteiger partial charge in [-0.2, -0.15) is 13.2 Å². The van der Waals surface area contributed by atoms with Gasteiger partial charge in [-0.05, 0) is 26.0 Å². The van der Waals surface area contributed by atoms with Crippen molar-refractivity contribution in [1.82, 2.24) is 0 Å². The van der Waals surface area contributed by atoms with Crippen molar-refractivity contribution in [3.63, 3.8) is 0 Å². The van der Waals surface area contributed by atoms with Crippen molar-refractivity contribution in [2.75, 3.05) is 6.61 Å². The number of hydrogen-bond acceptors (Lipinski definition) is 3. The molecule has 0 saturated heterocycles. The number of hydrogen-bond donors (Lipinski definition) is 0. The molecule has 0 unspecified atom stereocenters. The summed E-state index contributed by atoms with van der Waals surface area (Å²) in [5.41, 5.74) is -0.286. The van der Waals surface area contributed by atoms with Gasteiger partial charge in [-0.3, -0.25) is 4.79 Å². The van der Waals surface area contributed by atoms with Gasteiger partial charge in [0.2, 0.25) is 0 Å². The largest absolute Gasteiger partial charge is 0.486 e. The van der Waals surface area contributed by atoms with Crippen LogP contribution in [0, 0.1) is 0 Å². The van der Waals surface area contributed by atoms with E-state index in [9.17, 15) is 18.0 Å². The molecule has 0 saturated carbocycles. The van der Waals surface area contributed by atoms with Crippen LogP contribution in [0.15, 0.2) is 18.2 Å². The van der Waals surface area contributed by atoms with Crippen LogP contribution in [0.3, 0.4) is 0 Å². The summed E-state index contributed by atoms with van der Waals surface area (Å²) >= 11 is 0. The first-order valence-electron chi connectivity index (χ1n) is 5.72. The maximum atomic E-state index is 12.1. The fourth-order valence-corrected chi connectivity index (χ4v) is 1.89. The summed E-state index contributed by atoms with van der Waals surface area (Å²) in [7, 11) is 0.